The van der Waals surface area contributed by atoms with Crippen LogP contribution in [-0.2, 0) is 9.47 Å². The quantitative estimate of drug-likeness (QED) is 0.802. The van der Waals surface area contributed by atoms with Gasteiger partial charge in [0, 0.05) is 25.1 Å². The van der Waals surface area contributed by atoms with E-state index >= 15 is 0 Å². The number of likely N-dealkylation sites (tertiary alicyclic amines) is 1. The minimum atomic E-state index is -0.112. The van der Waals surface area contributed by atoms with Crippen molar-refractivity contribution in [2.24, 2.45) is 11.8 Å². The summed E-state index contributed by atoms with van der Waals surface area (Å²) in [6.45, 7) is 5.00. The van der Waals surface area contributed by atoms with Gasteiger partial charge in [-0.1, -0.05) is 30.4 Å². The van der Waals surface area contributed by atoms with Gasteiger partial charge in [0.05, 0.1) is 13.2 Å². The van der Waals surface area contributed by atoms with Gasteiger partial charge in [-0.05, 0) is 37.3 Å². The highest BCUT2D eigenvalue weighted by Crippen LogP contribution is 2.31. The van der Waals surface area contributed by atoms with E-state index < -0.39 is 0 Å². The molecule has 2 saturated heterocycles. The number of rotatable bonds is 4. The summed E-state index contributed by atoms with van der Waals surface area (Å²) in [5.41, 5.74) is 0.768. The molecule has 0 unspecified atom stereocenters. The Hall–Kier alpha value is -1.65. The van der Waals surface area contributed by atoms with Crippen molar-refractivity contribution in [2.45, 2.75) is 26.1 Å². The summed E-state index contributed by atoms with van der Waals surface area (Å²) >= 11 is 0. The molecule has 4 heteroatoms. The molecule has 2 fully saturated rings. The lowest BCUT2D eigenvalue weighted by Gasteiger charge is -2.38. The second-order valence-electron chi connectivity index (χ2n) is 6.26. The third-order valence-electron chi connectivity index (χ3n) is 4.73. The Bertz CT molecular complexity index is 537. The SMILES string of the molecule is C/C=C\[C@@H]1CCN(C(=O)c2ccccc2)C[C@H]1CC1OCCO1. The highest BCUT2D eigenvalue weighted by molar-refractivity contribution is 5.94. The Balaban J connectivity index is 1.68. The van der Waals surface area contributed by atoms with Crippen molar-refractivity contribution in [1.82, 2.24) is 4.90 Å². The van der Waals surface area contributed by atoms with E-state index in [-0.39, 0.29) is 12.2 Å². The van der Waals surface area contributed by atoms with E-state index in [1.165, 1.54) is 0 Å². The molecule has 124 valence electrons. The lowest BCUT2D eigenvalue weighted by Crippen LogP contribution is -2.44. The van der Waals surface area contributed by atoms with Gasteiger partial charge < -0.3 is 14.4 Å². The van der Waals surface area contributed by atoms with Crippen LogP contribution in [0.2, 0.25) is 0 Å². The van der Waals surface area contributed by atoms with E-state index in [1.807, 2.05) is 35.2 Å². The van der Waals surface area contributed by atoms with Crippen molar-refractivity contribution in [1.29, 1.82) is 0 Å². The van der Waals surface area contributed by atoms with Crippen molar-refractivity contribution in [2.75, 3.05) is 26.3 Å². The molecule has 2 aliphatic heterocycles. The van der Waals surface area contributed by atoms with Gasteiger partial charge in [-0.15, -0.1) is 0 Å². The van der Waals surface area contributed by atoms with E-state index in [4.69, 9.17) is 9.47 Å². The molecule has 0 saturated carbocycles. The molecule has 0 spiro atoms. The van der Waals surface area contributed by atoms with Crippen LogP contribution >= 0.6 is 0 Å². The Morgan fingerprint density at radius 3 is 2.70 bits per heavy atom. The van der Waals surface area contributed by atoms with Crippen molar-refractivity contribution >= 4 is 5.91 Å². The van der Waals surface area contributed by atoms with Gasteiger partial charge in [-0.25, -0.2) is 0 Å². The molecule has 2 aliphatic rings. The lowest BCUT2D eigenvalue weighted by atomic mass is 9.82. The normalized spacial score (nSPS) is 26.0. The van der Waals surface area contributed by atoms with E-state index in [1.54, 1.807) is 0 Å². The second-order valence-corrected chi connectivity index (χ2v) is 6.26. The van der Waals surface area contributed by atoms with Gasteiger partial charge in [-0.3, -0.25) is 4.79 Å². The molecule has 2 heterocycles. The summed E-state index contributed by atoms with van der Waals surface area (Å²) in [5.74, 6) is 1.01. The molecule has 0 aliphatic carbocycles. The number of benzene rings is 1. The van der Waals surface area contributed by atoms with Crippen molar-refractivity contribution in [3.63, 3.8) is 0 Å². The molecule has 2 atom stereocenters. The Morgan fingerprint density at radius 1 is 1.26 bits per heavy atom. The number of piperidine rings is 1. The van der Waals surface area contributed by atoms with Crippen LogP contribution in [0.3, 0.4) is 0 Å². The maximum Gasteiger partial charge on any atom is 0.253 e. The molecule has 0 N–H and O–H groups in total. The van der Waals surface area contributed by atoms with Crippen LogP contribution in [0.15, 0.2) is 42.5 Å². The molecule has 0 radical (unpaired) electrons. The van der Waals surface area contributed by atoms with Crippen LogP contribution < -0.4 is 0 Å². The first-order valence-corrected chi connectivity index (χ1v) is 8.48. The standard InChI is InChI=1S/C19H25NO3/c1-2-6-15-9-10-20(19(21)16-7-4-3-5-8-16)14-17(15)13-18-22-11-12-23-18/h2-8,15,17-18H,9-14H2,1H3/b6-2-/t15-,17-/m1/s1. The van der Waals surface area contributed by atoms with Crippen molar-refractivity contribution < 1.29 is 14.3 Å². The van der Waals surface area contributed by atoms with E-state index in [2.05, 4.69) is 19.1 Å². The van der Waals surface area contributed by atoms with Crippen LogP contribution in [0, 0.1) is 11.8 Å². The number of allylic oxidation sites excluding steroid dienone is 2. The number of hydrogen-bond donors (Lipinski definition) is 0. The fourth-order valence-electron chi connectivity index (χ4n) is 3.54. The number of ether oxygens (including phenoxy) is 2. The smallest absolute Gasteiger partial charge is 0.253 e. The predicted octanol–water partition coefficient (Wildman–Crippen LogP) is 3.10. The van der Waals surface area contributed by atoms with Crippen LogP contribution in [-0.4, -0.2) is 43.4 Å². The highest BCUT2D eigenvalue weighted by atomic mass is 16.7. The summed E-state index contributed by atoms with van der Waals surface area (Å²) in [4.78, 5) is 14.7. The zero-order chi connectivity index (χ0) is 16.1. The number of hydrogen-bond acceptors (Lipinski definition) is 3. The van der Waals surface area contributed by atoms with E-state index in [0.717, 1.165) is 31.5 Å². The molecule has 3 rings (SSSR count). The van der Waals surface area contributed by atoms with Crippen LogP contribution in [0.5, 0.6) is 0 Å². The minimum Gasteiger partial charge on any atom is -0.350 e. The zero-order valence-corrected chi connectivity index (χ0v) is 13.7. The largest absolute Gasteiger partial charge is 0.350 e. The lowest BCUT2D eigenvalue weighted by molar-refractivity contribution is -0.0659. The fourth-order valence-corrected chi connectivity index (χ4v) is 3.54. The first-order valence-electron chi connectivity index (χ1n) is 8.48. The first kappa shape index (κ1) is 16.2. The summed E-state index contributed by atoms with van der Waals surface area (Å²) in [7, 11) is 0. The minimum absolute atomic E-state index is 0.112. The van der Waals surface area contributed by atoms with Gasteiger partial charge in [-0.2, -0.15) is 0 Å². The van der Waals surface area contributed by atoms with E-state index in [0.29, 0.717) is 25.0 Å². The Kier molecular flexibility index (Phi) is 5.47. The number of carbonyl (C=O) groups is 1. The molecule has 23 heavy (non-hydrogen) atoms. The summed E-state index contributed by atoms with van der Waals surface area (Å²) in [5, 5.41) is 0. The fraction of sp³-hybridized carbons (Fsp3) is 0.526. The van der Waals surface area contributed by atoms with Gasteiger partial charge >= 0.3 is 0 Å². The average molecular weight is 315 g/mol. The van der Waals surface area contributed by atoms with Crippen LogP contribution in [0.25, 0.3) is 0 Å². The van der Waals surface area contributed by atoms with Crippen molar-refractivity contribution in [3.05, 3.63) is 48.0 Å². The zero-order valence-electron chi connectivity index (χ0n) is 13.7. The second kappa shape index (κ2) is 7.75. The number of nitrogens with zero attached hydrogens (tertiary/aromatic N) is 1. The average Bonchev–Trinajstić information content (AvgIpc) is 3.10. The summed E-state index contributed by atoms with van der Waals surface area (Å²) in [6.07, 6.45) is 6.13. The van der Waals surface area contributed by atoms with E-state index in [9.17, 15) is 4.79 Å². The molecule has 0 bridgehead atoms. The third-order valence-corrected chi connectivity index (χ3v) is 4.73. The monoisotopic (exact) mass is 315 g/mol. The number of amides is 1. The molecule has 0 aromatic heterocycles. The summed E-state index contributed by atoms with van der Waals surface area (Å²) < 4.78 is 11.2. The molecular weight excluding hydrogens is 290 g/mol. The maximum atomic E-state index is 12.7. The predicted molar refractivity (Wildman–Crippen MR) is 89.1 cm³/mol. The third kappa shape index (κ3) is 4.01. The molecular formula is C19H25NO3. The molecule has 1 aromatic carbocycles. The van der Waals surface area contributed by atoms with Gasteiger partial charge in [0.25, 0.3) is 5.91 Å². The van der Waals surface area contributed by atoms with Gasteiger partial charge in [0.15, 0.2) is 6.29 Å². The van der Waals surface area contributed by atoms with Gasteiger partial charge in [0.1, 0.15) is 0 Å². The van der Waals surface area contributed by atoms with Crippen LogP contribution in [0.1, 0.15) is 30.1 Å². The van der Waals surface area contributed by atoms with Gasteiger partial charge in [0.2, 0.25) is 0 Å². The topological polar surface area (TPSA) is 38.8 Å². The molecule has 1 amide bonds. The first-order chi connectivity index (χ1) is 11.3. The van der Waals surface area contributed by atoms with Crippen LogP contribution in [0.4, 0.5) is 0 Å². The molecule has 4 nitrogen and oxygen atoms in total. The maximum absolute atomic E-state index is 12.7. The summed E-state index contributed by atoms with van der Waals surface area (Å²) in [6, 6.07) is 9.54. The van der Waals surface area contributed by atoms with Crippen molar-refractivity contribution in [3.8, 4) is 0 Å². The Labute approximate surface area is 138 Å². The number of carbonyl (C=O) groups excluding carboxylic acids is 1. The Morgan fingerprint density at radius 2 is 2.00 bits per heavy atom. The highest BCUT2D eigenvalue weighted by Gasteiger charge is 2.33. The molecule has 1 aromatic rings.